The fourth-order valence-corrected chi connectivity index (χ4v) is 3.09. The number of alkyl halides is 24. The van der Waals surface area contributed by atoms with Crippen molar-refractivity contribution in [3.63, 3.8) is 0 Å². The Morgan fingerprint density at radius 2 is 0.729 bits per heavy atom. The van der Waals surface area contributed by atoms with Crippen LogP contribution in [-0.4, -0.2) is 99.8 Å². The van der Waals surface area contributed by atoms with Crippen molar-refractivity contribution in [2.75, 3.05) is 13.1 Å². The molecule has 0 saturated carbocycles. The largest absolute Gasteiger partial charge is 0.466 e. The van der Waals surface area contributed by atoms with E-state index >= 15 is 0 Å². The van der Waals surface area contributed by atoms with E-state index in [-0.39, 0.29) is 0 Å². The molecule has 292 valence electrons. The Morgan fingerprint density at radius 1 is 0.500 bits per heavy atom. The van der Waals surface area contributed by atoms with Gasteiger partial charge in [-0.25, -0.2) is 22.1 Å². The molecule has 0 saturated heterocycles. The van der Waals surface area contributed by atoms with E-state index < -0.39 is 112 Å². The molecular weight excluding hydrogens is 781 g/mol. The Morgan fingerprint density at radius 3 is 0.917 bits per heavy atom. The van der Waals surface area contributed by atoms with Crippen molar-refractivity contribution in [2.45, 2.75) is 91.8 Å². The van der Waals surface area contributed by atoms with Crippen LogP contribution >= 0.6 is 7.82 Å². The standard InChI is InChI=1S/C18H15F24N.H3O4P/c1-2-43-5-6(3-9(23,24)13(31,32)17(39,40)15(35,36)11(27,28)7(19)20)4-10(25,26)14(33,34)18(41,42)16(37,38)12(29,30)8(21)22;1-5(2,3)4/h6-8,43H,2-5H2,1H3;(H3,1,2,3,4). The third-order valence-electron chi connectivity index (χ3n) is 5.65. The highest BCUT2D eigenvalue weighted by Gasteiger charge is 2.89. The normalized spacial score (nSPS) is 15.7. The van der Waals surface area contributed by atoms with Crippen LogP contribution in [0.3, 0.4) is 0 Å². The Hall–Kier alpha value is -1.61. The number of nitrogens with one attached hydrogen (secondary N) is 1. The first-order chi connectivity index (χ1) is 20.5. The second kappa shape index (κ2) is 14.6. The van der Waals surface area contributed by atoms with Gasteiger partial charge in [-0.3, -0.25) is 0 Å². The molecule has 0 aromatic rings. The van der Waals surface area contributed by atoms with E-state index in [2.05, 4.69) is 0 Å². The molecule has 5 nitrogen and oxygen atoms in total. The summed E-state index contributed by atoms with van der Waals surface area (Å²) < 4.78 is 329. The average Bonchev–Trinajstić information content (AvgIpc) is 2.84. The lowest BCUT2D eigenvalue weighted by Gasteiger charge is -2.41. The highest BCUT2D eigenvalue weighted by Crippen LogP contribution is 2.61. The van der Waals surface area contributed by atoms with Crippen LogP contribution in [0.2, 0.25) is 0 Å². The van der Waals surface area contributed by atoms with Gasteiger partial charge < -0.3 is 20.0 Å². The lowest BCUT2D eigenvalue weighted by atomic mass is 9.84. The van der Waals surface area contributed by atoms with Crippen LogP contribution in [0.5, 0.6) is 0 Å². The average molecular weight is 799 g/mol. The first kappa shape index (κ1) is 48.5. The molecule has 0 aromatic heterocycles. The van der Waals surface area contributed by atoms with E-state index in [1.165, 1.54) is 0 Å². The van der Waals surface area contributed by atoms with Crippen LogP contribution in [0, 0.1) is 5.92 Å². The van der Waals surface area contributed by atoms with Crippen LogP contribution in [0.4, 0.5) is 105 Å². The van der Waals surface area contributed by atoms with Gasteiger partial charge >= 0.3 is 79.9 Å². The van der Waals surface area contributed by atoms with E-state index in [1.54, 1.807) is 5.32 Å². The van der Waals surface area contributed by atoms with Gasteiger partial charge in [0.05, 0.1) is 0 Å². The molecule has 4 N–H and O–H groups in total. The monoisotopic (exact) mass is 799 g/mol. The molecule has 0 aromatic carbocycles. The SMILES string of the molecule is CCNCC(CC(F)(F)C(F)(F)C(F)(F)C(F)(F)C(F)(F)C(F)F)CC(F)(F)C(F)(F)C(F)(F)C(F)(F)C(F)(F)C(F)F.O=P(O)(O)O. The predicted molar refractivity (Wildman–Crippen MR) is 107 cm³/mol. The number of hydrogen-bond acceptors (Lipinski definition) is 2. The Kier molecular flexibility index (Phi) is 14.7. The van der Waals surface area contributed by atoms with Crippen molar-refractivity contribution < 1.29 is 125 Å². The first-order valence-corrected chi connectivity index (χ1v) is 12.9. The van der Waals surface area contributed by atoms with Crippen LogP contribution in [0.1, 0.15) is 19.8 Å². The predicted octanol–water partition coefficient (Wildman–Crippen LogP) is 7.95. The minimum absolute atomic E-state index is 0.732. The van der Waals surface area contributed by atoms with Crippen molar-refractivity contribution >= 4 is 7.82 Å². The van der Waals surface area contributed by atoms with Gasteiger partial charge in [0.15, 0.2) is 0 Å². The van der Waals surface area contributed by atoms with Crippen molar-refractivity contribution in [1.82, 2.24) is 5.32 Å². The second-order valence-corrected chi connectivity index (χ2v) is 10.3. The van der Waals surface area contributed by atoms with Crippen LogP contribution < -0.4 is 5.32 Å². The summed E-state index contributed by atoms with van der Waals surface area (Å²) in [7, 11) is -4.64. The molecule has 0 aliphatic heterocycles. The molecular formula is C18H18F24NO4P. The third-order valence-corrected chi connectivity index (χ3v) is 5.65. The van der Waals surface area contributed by atoms with E-state index in [1.807, 2.05) is 0 Å². The molecule has 0 atom stereocenters. The molecule has 0 unspecified atom stereocenters. The van der Waals surface area contributed by atoms with Gasteiger partial charge in [-0.1, -0.05) is 6.92 Å². The Balaban J connectivity index is 0. The number of rotatable bonds is 17. The molecule has 0 heterocycles. The van der Waals surface area contributed by atoms with Crippen molar-refractivity contribution in [3.8, 4) is 0 Å². The van der Waals surface area contributed by atoms with Crippen LogP contribution in [-0.2, 0) is 4.57 Å². The molecule has 0 fully saturated rings. The van der Waals surface area contributed by atoms with Gasteiger partial charge in [0.25, 0.3) is 0 Å². The summed E-state index contributed by atoms with van der Waals surface area (Å²) >= 11 is 0. The summed E-state index contributed by atoms with van der Waals surface area (Å²) in [6.45, 7) is -1.82. The van der Waals surface area contributed by atoms with E-state index in [0.717, 1.165) is 6.92 Å². The van der Waals surface area contributed by atoms with Crippen LogP contribution in [0.15, 0.2) is 0 Å². The highest BCUT2D eigenvalue weighted by atomic mass is 31.2. The van der Waals surface area contributed by atoms with Gasteiger partial charge in [0, 0.05) is 12.8 Å². The van der Waals surface area contributed by atoms with Gasteiger partial charge in [0.2, 0.25) is 0 Å². The van der Waals surface area contributed by atoms with Gasteiger partial charge in [-0.2, -0.15) is 87.8 Å². The smallest absolute Gasteiger partial charge is 0.317 e. The van der Waals surface area contributed by atoms with Crippen molar-refractivity contribution in [2.24, 2.45) is 5.92 Å². The fraction of sp³-hybridized carbons (Fsp3) is 1.00. The first-order valence-electron chi connectivity index (χ1n) is 11.4. The number of phosphoric acid groups is 1. The zero-order valence-electron chi connectivity index (χ0n) is 22.3. The van der Waals surface area contributed by atoms with Gasteiger partial charge in [-0.15, -0.1) is 0 Å². The maximum atomic E-state index is 14.1. The molecule has 0 amide bonds. The minimum Gasteiger partial charge on any atom is -0.317 e. The summed E-state index contributed by atoms with van der Waals surface area (Å²) in [5, 5.41) is 1.55. The maximum absolute atomic E-state index is 14.1. The zero-order valence-corrected chi connectivity index (χ0v) is 23.2. The quantitative estimate of drug-likeness (QED) is 0.0887. The molecule has 0 aliphatic carbocycles. The summed E-state index contributed by atoms with van der Waals surface area (Å²) in [6, 6.07) is 0. The highest BCUT2D eigenvalue weighted by molar-refractivity contribution is 7.45. The summed E-state index contributed by atoms with van der Waals surface area (Å²) in [6.07, 6.45) is -19.1. The van der Waals surface area contributed by atoms with E-state index in [9.17, 15) is 105 Å². The van der Waals surface area contributed by atoms with Crippen molar-refractivity contribution in [1.29, 1.82) is 0 Å². The molecule has 30 heteroatoms. The Bertz CT molecular complexity index is 1010. The second-order valence-electron chi connectivity index (χ2n) is 9.30. The fourth-order valence-electron chi connectivity index (χ4n) is 3.09. The lowest BCUT2D eigenvalue weighted by molar-refractivity contribution is -0.417. The lowest BCUT2D eigenvalue weighted by Crippen LogP contribution is -2.69. The van der Waals surface area contributed by atoms with Gasteiger partial charge in [-0.05, 0) is 19.0 Å². The minimum atomic E-state index is -8.23. The molecule has 0 aliphatic rings. The summed E-state index contributed by atoms with van der Waals surface area (Å²) in [5.74, 6) is -81.5. The Labute approximate surface area is 249 Å². The zero-order chi connectivity index (χ0) is 39.8. The third kappa shape index (κ3) is 8.99. The number of hydrogen-bond donors (Lipinski definition) is 4. The van der Waals surface area contributed by atoms with E-state index in [0.29, 0.717) is 0 Å². The molecule has 0 spiro atoms. The van der Waals surface area contributed by atoms with Crippen LogP contribution in [0.25, 0.3) is 0 Å². The molecule has 0 rings (SSSR count). The molecule has 0 bridgehead atoms. The topological polar surface area (TPSA) is 89.8 Å². The van der Waals surface area contributed by atoms with Crippen molar-refractivity contribution in [3.05, 3.63) is 0 Å². The van der Waals surface area contributed by atoms with E-state index in [4.69, 9.17) is 19.2 Å². The summed E-state index contributed by atoms with van der Waals surface area (Å²) in [5.41, 5.74) is 0. The summed E-state index contributed by atoms with van der Waals surface area (Å²) in [4.78, 5) is 21.6. The molecule has 48 heavy (non-hydrogen) atoms. The molecule has 0 radical (unpaired) electrons. The number of halogens is 24. The maximum Gasteiger partial charge on any atom is 0.466 e. The van der Waals surface area contributed by atoms with Gasteiger partial charge in [0.1, 0.15) is 0 Å².